The first-order valence-electron chi connectivity index (χ1n) is 4.27. The van der Waals surface area contributed by atoms with Crippen molar-refractivity contribution in [2.24, 2.45) is 5.41 Å². The van der Waals surface area contributed by atoms with Gasteiger partial charge in [-0.15, -0.1) is 0 Å². The van der Waals surface area contributed by atoms with E-state index in [9.17, 15) is 0 Å². The van der Waals surface area contributed by atoms with Gasteiger partial charge in [-0.1, -0.05) is 20.8 Å². The summed E-state index contributed by atoms with van der Waals surface area (Å²) in [6.45, 7) is 9.04. The minimum absolute atomic E-state index is 0.280. The van der Waals surface area contributed by atoms with Crippen LogP contribution in [0, 0.1) is 5.41 Å². The number of hydrogen-bond acceptors (Lipinski definition) is 2. The predicted octanol–water partition coefficient (Wildman–Crippen LogP) is 1.84. The summed E-state index contributed by atoms with van der Waals surface area (Å²) in [5.74, 6) is 0. The standard InChI is InChI=1S/C9H18O2/c1-9(2,3)7-11-8-4-5-10-6-8/h8H,4-7H2,1-3H3. The van der Waals surface area contributed by atoms with Crippen molar-refractivity contribution in [2.45, 2.75) is 33.3 Å². The second kappa shape index (κ2) is 3.55. The molecule has 0 amide bonds. The van der Waals surface area contributed by atoms with Crippen molar-refractivity contribution in [1.82, 2.24) is 0 Å². The molecular formula is C9H18O2. The van der Waals surface area contributed by atoms with Crippen molar-refractivity contribution in [3.8, 4) is 0 Å². The number of rotatable bonds is 2. The molecule has 1 rings (SSSR count). The molecule has 2 heteroatoms. The second-order valence-corrected chi connectivity index (χ2v) is 4.36. The summed E-state index contributed by atoms with van der Waals surface area (Å²) in [4.78, 5) is 0. The van der Waals surface area contributed by atoms with E-state index in [-0.39, 0.29) is 5.41 Å². The summed E-state index contributed by atoms with van der Waals surface area (Å²) >= 11 is 0. The molecule has 0 aromatic rings. The van der Waals surface area contributed by atoms with Crippen LogP contribution in [0.3, 0.4) is 0 Å². The highest BCUT2D eigenvalue weighted by molar-refractivity contribution is 4.66. The van der Waals surface area contributed by atoms with Gasteiger partial charge in [0.05, 0.1) is 19.3 Å². The van der Waals surface area contributed by atoms with Crippen LogP contribution in [0.2, 0.25) is 0 Å². The average molecular weight is 158 g/mol. The minimum Gasteiger partial charge on any atom is -0.379 e. The molecular weight excluding hydrogens is 140 g/mol. The van der Waals surface area contributed by atoms with Gasteiger partial charge in [0.1, 0.15) is 0 Å². The lowest BCUT2D eigenvalue weighted by atomic mass is 9.98. The maximum Gasteiger partial charge on any atom is 0.0830 e. The molecule has 1 aliphatic rings. The van der Waals surface area contributed by atoms with Crippen molar-refractivity contribution in [3.63, 3.8) is 0 Å². The van der Waals surface area contributed by atoms with Crippen LogP contribution >= 0.6 is 0 Å². The molecule has 1 saturated heterocycles. The van der Waals surface area contributed by atoms with Gasteiger partial charge in [0, 0.05) is 6.61 Å². The maximum absolute atomic E-state index is 5.64. The monoisotopic (exact) mass is 158 g/mol. The second-order valence-electron chi connectivity index (χ2n) is 4.36. The minimum atomic E-state index is 0.280. The molecule has 0 aromatic heterocycles. The van der Waals surface area contributed by atoms with Crippen LogP contribution in [-0.2, 0) is 9.47 Å². The molecule has 0 aliphatic carbocycles. The Bertz CT molecular complexity index is 109. The molecule has 0 saturated carbocycles. The molecule has 1 unspecified atom stereocenters. The van der Waals surface area contributed by atoms with Crippen molar-refractivity contribution >= 4 is 0 Å². The Hall–Kier alpha value is -0.0800. The summed E-state index contributed by atoms with van der Waals surface area (Å²) < 4.78 is 10.8. The topological polar surface area (TPSA) is 18.5 Å². The van der Waals surface area contributed by atoms with Crippen LogP contribution in [0.5, 0.6) is 0 Å². The van der Waals surface area contributed by atoms with Gasteiger partial charge >= 0.3 is 0 Å². The Morgan fingerprint density at radius 2 is 2.18 bits per heavy atom. The van der Waals surface area contributed by atoms with Crippen molar-refractivity contribution in [3.05, 3.63) is 0 Å². The molecule has 1 heterocycles. The Balaban J connectivity index is 2.11. The van der Waals surface area contributed by atoms with Crippen LogP contribution in [-0.4, -0.2) is 25.9 Å². The van der Waals surface area contributed by atoms with Gasteiger partial charge in [-0.2, -0.15) is 0 Å². The van der Waals surface area contributed by atoms with Gasteiger partial charge < -0.3 is 9.47 Å². The first kappa shape index (κ1) is 9.01. The molecule has 11 heavy (non-hydrogen) atoms. The van der Waals surface area contributed by atoms with Gasteiger partial charge in [0.2, 0.25) is 0 Å². The third kappa shape index (κ3) is 3.73. The quantitative estimate of drug-likeness (QED) is 0.610. The highest BCUT2D eigenvalue weighted by atomic mass is 16.5. The highest BCUT2D eigenvalue weighted by Gasteiger charge is 2.19. The highest BCUT2D eigenvalue weighted by Crippen LogP contribution is 2.16. The van der Waals surface area contributed by atoms with Crippen LogP contribution in [0.1, 0.15) is 27.2 Å². The van der Waals surface area contributed by atoms with Crippen molar-refractivity contribution < 1.29 is 9.47 Å². The van der Waals surface area contributed by atoms with E-state index in [2.05, 4.69) is 20.8 Å². The summed E-state index contributed by atoms with van der Waals surface area (Å²) in [7, 11) is 0. The van der Waals surface area contributed by atoms with Gasteiger partial charge in [-0.3, -0.25) is 0 Å². The Morgan fingerprint density at radius 1 is 1.45 bits per heavy atom. The van der Waals surface area contributed by atoms with Crippen molar-refractivity contribution in [1.29, 1.82) is 0 Å². The largest absolute Gasteiger partial charge is 0.379 e. The lowest BCUT2D eigenvalue weighted by molar-refractivity contribution is 0.00396. The smallest absolute Gasteiger partial charge is 0.0830 e. The molecule has 0 bridgehead atoms. The van der Waals surface area contributed by atoms with E-state index in [4.69, 9.17) is 9.47 Å². The van der Waals surface area contributed by atoms with Gasteiger partial charge in [-0.25, -0.2) is 0 Å². The van der Waals surface area contributed by atoms with Gasteiger partial charge in [-0.05, 0) is 11.8 Å². The predicted molar refractivity (Wildman–Crippen MR) is 44.6 cm³/mol. The average Bonchev–Trinajstić information content (AvgIpc) is 2.32. The third-order valence-corrected chi connectivity index (χ3v) is 1.64. The molecule has 1 fully saturated rings. The zero-order valence-corrected chi connectivity index (χ0v) is 7.72. The van der Waals surface area contributed by atoms with Gasteiger partial charge in [0.15, 0.2) is 0 Å². The normalized spacial score (nSPS) is 25.9. The van der Waals surface area contributed by atoms with Crippen LogP contribution < -0.4 is 0 Å². The zero-order valence-electron chi connectivity index (χ0n) is 7.72. The van der Waals surface area contributed by atoms with Crippen LogP contribution in [0.4, 0.5) is 0 Å². The van der Waals surface area contributed by atoms with E-state index in [1.165, 1.54) is 0 Å². The van der Waals surface area contributed by atoms with E-state index in [0.717, 1.165) is 26.2 Å². The van der Waals surface area contributed by atoms with E-state index in [1.54, 1.807) is 0 Å². The summed E-state index contributed by atoms with van der Waals surface area (Å²) in [5.41, 5.74) is 0.280. The van der Waals surface area contributed by atoms with E-state index in [1.807, 2.05) is 0 Å². The molecule has 0 spiro atoms. The summed E-state index contributed by atoms with van der Waals surface area (Å²) in [6.07, 6.45) is 1.42. The molecule has 0 N–H and O–H groups in total. The molecule has 1 atom stereocenters. The van der Waals surface area contributed by atoms with Crippen LogP contribution in [0.15, 0.2) is 0 Å². The summed E-state index contributed by atoms with van der Waals surface area (Å²) in [5, 5.41) is 0. The number of ether oxygens (including phenoxy) is 2. The molecule has 0 radical (unpaired) electrons. The van der Waals surface area contributed by atoms with Crippen LogP contribution in [0.25, 0.3) is 0 Å². The molecule has 0 aromatic carbocycles. The molecule has 2 nitrogen and oxygen atoms in total. The first-order chi connectivity index (χ1) is 5.08. The molecule has 66 valence electrons. The van der Waals surface area contributed by atoms with E-state index < -0.39 is 0 Å². The fourth-order valence-electron chi connectivity index (χ4n) is 1.01. The van der Waals surface area contributed by atoms with E-state index in [0.29, 0.717) is 6.10 Å². The van der Waals surface area contributed by atoms with Gasteiger partial charge in [0.25, 0.3) is 0 Å². The lowest BCUT2D eigenvalue weighted by Gasteiger charge is -2.20. The Labute approximate surface area is 68.9 Å². The number of hydrogen-bond donors (Lipinski definition) is 0. The first-order valence-corrected chi connectivity index (χ1v) is 4.27. The SMILES string of the molecule is CC(C)(C)COC1CCOC1. The summed E-state index contributed by atoms with van der Waals surface area (Å²) in [6, 6.07) is 0. The third-order valence-electron chi connectivity index (χ3n) is 1.64. The van der Waals surface area contributed by atoms with E-state index >= 15 is 0 Å². The molecule has 1 aliphatic heterocycles. The fraction of sp³-hybridized carbons (Fsp3) is 1.00. The Morgan fingerprint density at radius 3 is 2.64 bits per heavy atom. The fourth-order valence-corrected chi connectivity index (χ4v) is 1.01. The lowest BCUT2D eigenvalue weighted by Crippen LogP contribution is -2.21. The Kier molecular flexibility index (Phi) is 2.90. The van der Waals surface area contributed by atoms with Crippen molar-refractivity contribution in [2.75, 3.05) is 19.8 Å². The zero-order chi connectivity index (χ0) is 8.32. The maximum atomic E-state index is 5.64.